The van der Waals surface area contributed by atoms with Crippen LogP contribution in [0.2, 0.25) is 0 Å². The second-order valence-electron chi connectivity index (χ2n) is 3.65. The largest absolute Gasteiger partial charge is 0.390 e. The summed E-state index contributed by atoms with van der Waals surface area (Å²) in [4.78, 5) is 0. The van der Waals surface area contributed by atoms with Gasteiger partial charge in [0.1, 0.15) is 0 Å². The molecule has 1 nitrogen and oxygen atoms in total. The molecule has 0 radical (unpaired) electrons. The first-order valence-corrected chi connectivity index (χ1v) is 5.24. The van der Waals surface area contributed by atoms with Crippen LogP contribution in [0.15, 0.2) is 0 Å². The van der Waals surface area contributed by atoms with E-state index in [1.54, 1.807) is 0 Å². The Morgan fingerprint density at radius 2 is 1.79 bits per heavy atom. The van der Waals surface area contributed by atoms with Crippen LogP contribution in [-0.4, -0.2) is 24.1 Å². The normalized spacial score (nSPS) is 16.7. The van der Waals surface area contributed by atoms with Crippen LogP contribution < -0.4 is 5.32 Å². The van der Waals surface area contributed by atoms with Crippen molar-refractivity contribution in [3.8, 4) is 0 Å². The highest BCUT2D eigenvalue weighted by atomic mass is 35.5. The summed E-state index contributed by atoms with van der Waals surface area (Å²) in [6.07, 6.45) is -3.41. The van der Waals surface area contributed by atoms with Gasteiger partial charge < -0.3 is 5.32 Å². The van der Waals surface area contributed by atoms with Crippen LogP contribution in [0.1, 0.15) is 33.1 Å². The van der Waals surface area contributed by atoms with Crippen molar-refractivity contribution in [3.63, 3.8) is 0 Å². The van der Waals surface area contributed by atoms with Crippen molar-refractivity contribution in [2.45, 2.75) is 44.8 Å². The average Bonchev–Trinajstić information content (AvgIpc) is 2.02. The van der Waals surface area contributed by atoms with Crippen LogP contribution in [0.5, 0.6) is 0 Å². The number of hydrogen-bond donors (Lipinski definition) is 1. The van der Waals surface area contributed by atoms with Crippen molar-refractivity contribution in [1.82, 2.24) is 5.32 Å². The van der Waals surface area contributed by atoms with Gasteiger partial charge in [-0.05, 0) is 19.8 Å². The molecule has 0 amide bonds. The molecule has 0 saturated carbocycles. The van der Waals surface area contributed by atoms with E-state index in [4.69, 9.17) is 11.6 Å². The zero-order valence-corrected chi connectivity index (χ0v) is 9.30. The van der Waals surface area contributed by atoms with E-state index in [9.17, 15) is 13.2 Å². The van der Waals surface area contributed by atoms with E-state index >= 15 is 0 Å². The van der Waals surface area contributed by atoms with Crippen molar-refractivity contribution in [2.75, 3.05) is 12.4 Å². The van der Waals surface area contributed by atoms with Gasteiger partial charge in [0.05, 0.1) is 6.42 Å². The highest BCUT2D eigenvalue weighted by Gasteiger charge is 2.28. The number of alkyl halides is 4. The van der Waals surface area contributed by atoms with E-state index < -0.39 is 12.6 Å². The summed E-state index contributed by atoms with van der Waals surface area (Å²) in [6, 6.07) is 0. The molecule has 0 spiro atoms. The predicted molar refractivity (Wildman–Crippen MR) is 52.7 cm³/mol. The molecule has 14 heavy (non-hydrogen) atoms. The van der Waals surface area contributed by atoms with E-state index in [2.05, 4.69) is 5.32 Å². The lowest BCUT2D eigenvalue weighted by molar-refractivity contribution is -0.134. The SMILES string of the molecule is CCC(C)(CCCl)NCCC(F)(F)F. The van der Waals surface area contributed by atoms with Gasteiger partial charge in [0.2, 0.25) is 0 Å². The number of hydrogen-bond acceptors (Lipinski definition) is 1. The zero-order valence-electron chi connectivity index (χ0n) is 8.55. The van der Waals surface area contributed by atoms with E-state index in [1.165, 1.54) is 0 Å². The van der Waals surface area contributed by atoms with Gasteiger partial charge in [-0.2, -0.15) is 13.2 Å². The molecule has 0 aromatic carbocycles. The molecule has 0 rings (SSSR count). The number of rotatable bonds is 6. The van der Waals surface area contributed by atoms with Gasteiger partial charge in [-0.3, -0.25) is 0 Å². The topological polar surface area (TPSA) is 12.0 Å². The summed E-state index contributed by atoms with van der Waals surface area (Å²) in [5, 5.41) is 2.90. The lowest BCUT2D eigenvalue weighted by atomic mass is 9.95. The minimum atomic E-state index is -4.08. The highest BCUT2D eigenvalue weighted by molar-refractivity contribution is 6.17. The van der Waals surface area contributed by atoms with Crippen LogP contribution in [0, 0.1) is 0 Å². The second-order valence-corrected chi connectivity index (χ2v) is 4.02. The Kier molecular flexibility index (Phi) is 5.83. The molecule has 0 aromatic heterocycles. The molecule has 0 heterocycles. The summed E-state index contributed by atoms with van der Waals surface area (Å²) in [5.74, 6) is 0.462. The van der Waals surface area contributed by atoms with Gasteiger partial charge in [-0.15, -0.1) is 11.6 Å². The molecule has 1 N–H and O–H groups in total. The van der Waals surface area contributed by atoms with Crippen LogP contribution in [0.25, 0.3) is 0 Å². The summed E-state index contributed by atoms with van der Waals surface area (Å²) in [5.41, 5.74) is -0.271. The molecule has 1 atom stereocenters. The fraction of sp³-hybridized carbons (Fsp3) is 1.00. The van der Waals surface area contributed by atoms with Gasteiger partial charge in [-0.25, -0.2) is 0 Å². The minimum absolute atomic E-state index is 0.0370. The molecule has 86 valence electrons. The molecule has 0 fully saturated rings. The first-order valence-electron chi connectivity index (χ1n) is 4.71. The Hall–Kier alpha value is 0.0400. The quantitative estimate of drug-likeness (QED) is 0.692. The van der Waals surface area contributed by atoms with Gasteiger partial charge in [-0.1, -0.05) is 6.92 Å². The van der Waals surface area contributed by atoms with Crippen molar-refractivity contribution >= 4 is 11.6 Å². The van der Waals surface area contributed by atoms with E-state index in [1.807, 2.05) is 13.8 Å². The Labute approximate surface area is 88.0 Å². The standard InChI is InChI=1S/C9H17ClF3N/c1-3-8(2,4-6-10)14-7-5-9(11,12)13/h14H,3-7H2,1-2H3. The second kappa shape index (κ2) is 5.81. The van der Waals surface area contributed by atoms with Gasteiger partial charge in [0, 0.05) is 18.0 Å². The molecule has 5 heteroatoms. The molecule has 0 saturated heterocycles. The Morgan fingerprint density at radius 1 is 1.21 bits per heavy atom. The lowest BCUT2D eigenvalue weighted by Gasteiger charge is -2.29. The van der Waals surface area contributed by atoms with Crippen molar-refractivity contribution in [2.24, 2.45) is 0 Å². The maximum absolute atomic E-state index is 11.9. The number of nitrogens with one attached hydrogen (secondary N) is 1. The fourth-order valence-electron chi connectivity index (χ4n) is 1.10. The lowest BCUT2D eigenvalue weighted by Crippen LogP contribution is -2.43. The highest BCUT2D eigenvalue weighted by Crippen LogP contribution is 2.20. The maximum atomic E-state index is 11.9. The maximum Gasteiger partial charge on any atom is 0.390 e. The van der Waals surface area contributed by atoms with E-state index in [-0.39, 0.29) is 12.1 Å². The summed E-state index contributed by atoms with van der Waals surface area (Å²) >= 11 is 5.57. The first kappa shape index (κ1) is 14.0. The smallest absolute Gasteiger partial charge is 0.311 e. The molecule has 0 aliphatic heterocycles. The van der Waals surface area contributed by atoms with Crippen LogP contribution in [-0.2, 0) is 0 Å². The van der Waals surface area contributed by atoms with Gasteiger partial charge in [0.25, 0.3) is 0 Å². The molecular formula is C9H17ClF3N. The summed E-state index contributed by atoms with van der Waals surface area (Å²) in [6.45, 7) is 3.80. The molecular weight excluding hydrogens is 215 g/mol. The molecule has 0 aliphatic carbocycles. The molecule has 0 aliphatic rings. The molecule has 1 unspecified atom stereocenters. The Balaban J connectivity index is 3.84. The first-order chi connectivity index (χ1) is 6.33. The molecule has 0 aromatic rings. The summed E-state index contributed by atoms with van der Waals surface area (Å²) in [7, 11) is 0. The predicted octanol–water partition coefficient (Wildman–Crippen LogP) is 3.33. The minimum Gasteiger partial charge on any atom is -0.311 e. The van der Waals surface area contributed by atoms with Crippen LogP contribution in [0.3, 0.4) is 0 Å². The summed E-state index contributed by atoms with van der Waals surface area (Å²) < 4.78 is 35.6. The van der Waals surface area contributed by atoms with Crippen LogP contribution in [0.4, 0.5) is 13.2 Å². The zero-order chi connectivity index (χ0) is 11.2. The van der Waals surface area contributed by atoms with Crippen molar-refractivity contribution in [3.05, 3.63) is 0 Å². The van der Waals surface area contributed by atoms with Crippen LogP contribution >= 0.6 is 11.6 Å². The van der Waals surface area contributed by atoms with E-state index in [0.717, 1.165) is 6.42 Å². The third-order valence-electron chi connectivity index (χ3n) is 2.39. The number of halogens is 4. The monoisotopic (exact) mass is 231 g/mol. The Bertz CT molecular complexity index is 161. The van der Waals surface area contributed by atoms with Crippen molar-refractivity contribution < 1.29 is 13.2 Å². The van der Waals surface area contributed by atoms with E-state index in [0.29, 0.717) is 12.3 Å². The molecule has 0 bridgehead atoms. The fourth-order valence-corrected chi connectivity index (χ4v) is 1.52. The Morgan fingerprint density at radius 3 is 2.14 bits per heavy atom. The van der Waals surface area contributed by atoms with Gasteiger partial charge in [0.15, 0.2) is 0 Å². The average molecular weight is 232 g/mol. The van der Waals surface area contributed by atoms with Gasteiger partial charge >= 0.3 is 6.18 Å². The third kappa shape index (κ3) is 6.49. The van der Waals surface area contributed by atoms with Crippen molar-refractivity contribution in [1.29, 1.82) is 0 Å². The third-order valence-corrected chi connectivity index (χ3v) is 2.58.